The SMILES string of the molecule is COc1ccc(S(=O)(=O)Nc2ccc(Cl)cc2C#Cc2cccnc2)c2ncccc12. The molecule has 4 aromatic rings. The number of fused-ring (bicyclic) bond motifs is 1. The molecule has 0 atom stereocenters. The summed E-state index contributed by atoms with van der Waals surface area (Å²) >= 11 is 6.12. The molecule has 4 rings (SSSR count). The van der Waals surface area contributed by atoms with Gasteiger partial charge in [-0.3, -0.25) is 14.7 Å². The van der Waals surface area contributed by atoms with Gasteiger partial charge in [-0.15, -0.1) is 0 Å². The average molecular weight is 450 g/mol. The lowest BCUT2D eigenvalue weighted by Gasteiger charge is -2.13. The van der Waals surface area contributed by atoms with Gasteiger partial charge in [0.25, 0.3) is 10.0 Å². The fourth-order valence-electron chi connectivity index (χ4n) is 3.00. The summed E-state index contributed by atoms with van der Waals surface area (Å²) in [7, 11) is -2.45. The fraction of sp³-hybridized carbons (Fsp3) is 0.0435. The second-order valence-corrected chi connectivity index (χ2v) is 8.54. The first-order valence-corrected chi connectivity index (χ1v) is 11.0. The average Bonchev–Trinajstić information content (AvgIpc) is 2.79. The smallest absolute Gasteiger partial charge is 0.264 e. The second-order valence-electron chi connectivity index (χ2n) is 6.45. The number of aromatic nitrogens is 2. The number of hydrogen-bond acceptors (Lipinski definition) is 5. The van der Waals surface area contributed by atoms with Crippen molar-refractivity contribution in [3.05, 3.63) is 89.3 Å². The molecule has 2 heterocycles. The third-order valence-corrected chi connectivity index (χ3v) is 6.06. The first-order valence-electron chi connectivity index (χ1n) is 9.14. The molecule has 31 heavy (non-hydrogen) atoms. The van der Waals surface area contributed by atoms with Crippen LogP contribution in [-0.4, -0.2) is 25.5 Å². The molecule has 0 saturated heterocycles. The fourth-order valence-corrected chi connectivity index (χ4v) is 4.41. The van der Waals surface area contributed by atoms with Crippen molar-refractivity contribution < 1.29 is 13.2 Å². The topological polar surface area (TPSA) is 81.2 Å². The monoisotopic (exact) mass is 449 g/mol. The predicted molar refractivity (Wildman–Crippen MR) is 121 cm³/mol. The molecule has 0 aliphatic rings. The molecule has 0 unspecified atom stereocenters. The van der Waals surface area contributed by atoms with E-state index in [0.717, 1.165) is 0 Å². The van der Waals surface area contributed by atoms with Crippen molar-refractivity contribution in [2.45, 2.75) is 4.90 Å². The van der Waals surface area contributed by atoms with Crippen LogP contribution >= 0.6 is 11.6 Å². The number of benzene rings is 2. The van der Waals surface area contributed by atoms with E-state index in [1.54, 1.807) is 54.9 Å². The maximum Gasteiger partial charge on any atom is 0.264 e. The lowest BCUT2D eigenvalue weighted by Crippen LogP contribution is -2.15. The van der Waals surface area contributed by atoms with E-state index in [0.29, 0.717) is 38.5 Å². The molecule has 6 nitrogen and oxygen atoms in total. The van der Waals surface area contributed by atoms with Gasteiger partial charge in [0.2, 0.25) is 0 Å². The Morgan fingerprint density at radius 2 is 1.87 bits per heavy atom. The number of hydrogen-bond donors (Lipinski definition) is 1. The van der Waals surface area contributed by atoms with Crippen molar-refractivity contribution >= 4 is 38.2 Å². The number of methoxy groups -OCH3 is 1. The minimum atomic E-state index is -3.97. The Balaban J connectivity index is 1.77. The van der Waals surface area contributed by atoms with Crippen LogP contribution in [0.5, 0.6) is 5.75 Å². The summed E-state index contributed by atoms with van der Waals surface area (Å²) in [5.74, 6) is 6.47. The molecular formula is C23H16ClN3O3S. The summed E-state index contributed by atoms with van der Waals surface area (Å²) < 4.78 is 34.4. The highest BCUT2D eigenvalue weighted by Crippen LogP contribution is 2.31. The number of ether oxygens (including phenoxy) is 1. The van der Waals surface area contributed by atoms with E-state index in [9.17, 15) is 8.42 Å². The van der Waals surface area contributed by atoms with Crippen LogP contribution in [-0.2, 0) is 10.0 Å². The normalized spacial score (nSPS) is 10.9. The zero-order valence-corrected chi connectivity index (χ0v) is 17.9. The molecule has 0 bridgehead atoms. The van der Waals surface area contributed by atoms with Crippen molar-refractivity contribution in [1.82, 2.24) is 9.97 Å². The molecule has 0 saturated carbocycles. The highest BCUT2D eigenvalue weighted by Gasteiger charge is 2.21. The largest absolute Gasteiger partial charge is 0.496 e. The van der Waals surface area contributed by atoms with Gasteiger partial charge in [0, 0.05) is 34.6 Å². The number of halogens is 1. The maximum absolute atomic E-state index is 13.2. The van der Waals surface area contributed by atoms with Crippen molar-refractivity contribution in [3.8, 4) is 17.6 Å². The molecule has 1 N–H and O–H groups in total. The van der Waals surface area contributed by atoms with Crippen LogP contribution in [0.15, 0.2) is 78.1 Å². The molecule has 0 aliphatic carbocycles. The Kier molecular flexibility index (Phi) is 5.76. The van der Waals surface area contributed by atoms with E-state index in [4.69, 9.17) is 16.3 Å². The molecule has 0 amide bonds. The summed E-state index contributed by atoms with van der Waals surface area (Å²) in [6.45, 7) is 0. The van der Waals surface area contributed by atoms with Crippen LogP contribution < -0.4 is 9.46 Å². The Bertz CT molecular complexity index is 1430. The zero-order valence-electron chi connectivity index (χ0n) is 16.3. The minimum Gasteiger partial charge on any atom is -0.496 e. The van der Waals surface area contributed by atoms with Crippen LogP contribution in [0.1, 0.15) is 11.1 Å². The molecular weight excluding hydrogens is 434 g/mol. The first-order chi connectivity index (χ1) is 15.0. The summed E-state index contributed by atoms with van der Waals surface area (Å²) in [5, 5.41) is 1.04. The van der Waals surface area contributed by atoms with Gasteiger partial charge in [-0.25, -0.2) is 8.42 Å². The molecule has 0 fully saturated rings. The van der Waals surface area contributed by atoms with Gasteiger partial charge in [0.05, 0.1) is 23.9 Å². The second kappa shape index (κ2) is 8.64. The number of sulfonamides is 1. The maximum atomic E-state index is 13.2. The first kappa shape index (κ1) is 20.7. The van der Waals surface area contributed by atoms with Crippen LogP contribution in [0.2, 0.25) is 5.02 Å². The Hall–Kier alpha value is -3.60. The standard InChI is InChI=1S/C23H16ClN3O3S/c1-30-21-10-11-22(23-19(21)5-3-13-26-23)31(28,29)27-20-9-8-18(24)14-17(20)7-6-16-4-2-12-25-15-16/h2-5,8-15,27H,1H3. The van der Waals surface area contributed by atoms with Crippen molar-refractivity contribution in [2.24, 2.45) is 0 Å². The van der Waals surface area contributed by atoms with Gasteiger partial charge in [-0.05, 0) is 54.6 Å². The summed E-state index contributed by atoms with van der Waals surface area (Å²) in [6.07, 6.45) is 4.81. The Morgan fingerprint density at radius 3 is 2.65 bits per heavy atom. The van der Waals surface area contributed by atoms with E-state index in [-0.39, 0.29) is 4.90 Å². The zero-order chi connectivity index (χ0) is 21.8. The predicted octanol–water partition coefficient (Wildman–Crippen LogP) is 4.49. The molecule has 2 aromatic carbocycles. The van der Waals surface area contributed by atoms with Crippen LogP contribution in [0, 0.1) is 11.8 Å². The van der Waals surface area contributed by atoms with Crippen LogP contribution in [0.25, 0.3) is 10.9 Å². The lowest BCUT2D eigenvalue weighted by molar-refractivity contribution is 0.419. The van der Waals surface area contributed by atoms with Gasteiger partial charge in [-0.1, -0.05) is 23.4 Å². The van der Waals surface area contributed by atoms with E-state index in [1.165, 1.54) is 19.4 Å². The molecule has 0 radical (unpaired) electrons. The molecule has 8 heteroatoms. The van der Waals surface area contributed by atoms with Gasteiger partial charge in [-0.2, -0.15) is 0 Å². The van der Waals surface area contributed by atoms with Crippen molar-refractivity contribution in [2.75, 3.05) is 11.8 Å². The number of rotatable bonds is 4. The molecule has 0 spiro atoms. The van der Waals surface area contributed by atoms with Gasteiger partial charge >= 0.3 is 0 Å². The van der Waals surface area contributed by atoms with Crippen molar-refractivity contribution in [1.29, 1.82) is 0 Å². The number of nitrogens with one attached hydrogen (secondary N) is 1. The number of pyridine rings is 2. The summed E-state index contributed by atoms with van der Waals surface area (Å²) in [6, 6.07) is 14.9. The van der Waals surface area contributed by atoms with Gasteiger partial charge in [0.15, 0.2) is 0 Å². The van der Waals surface area contributed by atoms with Gasteiger partial charge < -0.3 is 4.74 Å². The van der Waals surface area contributed by atoms with E-state index >= 15 is 0 Å². The van der Waals surface area contributed by atoms with Crippen LogP contribution in [0.3, 0.4) is 0 Å². The third kappa shape index (κ3) is 4.45. The molecule has 154 valence electrons. The Morgan fingerprint density at radius 1 is 1.03 bits per heavy atom. The highest BCUT2D eigenvalue weighted by atomic mass is 35.5. The minimum absolute atomic E-state index is 0.0324. The third-order valence-electron chi connectivity index (χ3n) is 4.43. The molecule has 2 aromatic heterocycles. The summed E-state index contributed by atoms with van der Waals surface area (Å²) in [4.78, 5) is 8.31. The van der Waals surface area contributed by atoms with E-state index in [1.807, 2.05) is 6.07 Å². The lowest BCUT2D eigenvalue weighted by atomic mass is 10.1. The van der Waals surface area contributed by atoms with E-state index < -0.39 is 10.0 Å². The van der Waals surface area contributed by atoms with Crippen LogP contribution in [0.4, 0.5) is 5.69 Å². The van der Waals surface area contributed by atoms with E-state index in [2.05, 4.69) is 26.5 Å². The number of nitrogens with zero attached hydrogens (tertiary/aromatic N) is 2. The van der Waals surface area contributed by atoms with Gasteiger partial charge in [0.1, 0.15) is 10.6 Å². The molecule has 0 aliphatic heterocycles. The highest BCUT2D eigenvalue weighted by molar-refractivity contribution is 7.93. The van der Waals surface area contributed by atoms with Crippen molar-refractivity contribution in [3.63, 3.8) is 0 Å². The quantitative estimate of drug-likeness (QED) is 0.464. The summed E-state index contributed by atoms with van der Waals surface area (Å²) in [5.41, 5.74) is 1.75. The number of anilines is 1. The Labute approximate surface area is 184 Å².